The summed E-state index contributed by atoms with van der Waals surface area (Å²) in [6.45, 7) is 8.19. The van der Waals surface area contributed by atoms with Crippen molar-refractivity contribution >= 4 is 29.9 Å². The summed E-state index contributed by atoms with van der Waals surface area (Å²) in [4.78, 5) is 7.02. The van der Waals surface area contributed by atoms with E-state index < -0.39 is 0 Å². The number of guanidine groups is 1. The van der Waals surface area contributed by atoms with Gasteiger partial charge in [-0.05, 0) is 37.6 Å². The van der Waals surface area contributed by atoms with Gasteiger partial charge in [0.05, 0.1) is 26.4 Å². The molecule has 0 radical (unpaired) electrons. The molecular weight excluding hydrogens is 476 g/mol. The number of hydrogen-bond acceptors (Lipinski definition) is 4. The van der Waals surface area contributed by atoms with Crippen LogP contribution in [0.2, 0.25) is 0 Å². The van der Waals surface area contributed by atoms with Crippen LogP contribution in [-0.2, 0) is 9.47 Å². The summed E-state index contributed by atoms with van der Waals surface area (Å²) in [5, 5.41) is 3.37. The normalized spacial score (nSPS) is 16.8. The van der Waals surface area contributed by atoms with Crippen LogP contribution in [0.25, 0.3) is 0 Å². The molecule has 8 heteroatoms. The summed E-state index contributed by atoms with van der Waals surface area (Å²) in [5.41, 5.74) is 0. The Bertz CT molecular complexity index is 560. The minimum absolute atomic E-state index is 0. The quantitative estimate of drug-likeness (QED) is 0.215. The Balaban J connectivity index is 0.00000392. The van der Waals surface area contributed by atoms with Gasteiger partial charge < -0.3 is 24.4 Å². The highest BCUT2D eigenvalue weighted by Crippen LogP contribution is 2.17. The van der Waals surface area contributed by atoms with Crippen molar-refractivity contribution in [3.8, 4) is 5.75 Å². The maximum atomic E-state index is 12.9. The van der Waals surface area contributed by atoms with E-state index in [4.69, 9.17) is 19.2 Å². The molecule has 160 valence electrons. The summed E-state index contributed by atoms with van der Waals surface area (Å²) in [6.07, 6.45) is 1.93. The van der Waals surface area contributed by atoms with E-state index in [1.165, 1.54) is 12.1 Å². The molecule has 1 heterocycles. The molecule has 1 N–H and O–H groups in total. The molecule has 6 nitrogen and oxygen atoms in total. The standard InChI is InChI=1S/C20H32FN3O3.HI/c1-3-22-20(24-11-9-17(15-24)16-26-14-13-25-2)23-10-4-12-27-19-7-5-18(21)6-8-19;/h5-8,17H,3-4,9-16H2,1-2H3,(H,22,23);1H. The lowest BCUT2D eigenvalue weighted by Gasteiger charge is -2.21. The molecule has 0 bridgehead atoms. The second kappa shape index (κ2) is 14.8. The molecule has 0 aromatic heterocycles. The second-order valence-corrected chi connectivity index (χ2v) is 6.56. The average molecular weight is 509 g/mol. The zero-order chi connectivity index (χ0) is 19.3. The lowest BCUT2D eigenvalue weighted by atomic mass is 10.1. The van der Waals surface area contributed by atoms with Crippen molar-refractivity contribution in [3.05, 3.63) is 30.1 Å². The Morgan fingerprint density at radius 1 is 1.25 bits per heavy atom. The van der Waals surface area contributed by atoms with Gasteiger partial charge >= 0.3 is 0 Å². The maximum Gasteiger partial charge on any atom is 0.193 e. The van der Waals surface area contributed by atoms with E-state index in [9.17, 15) is 4.39 Å². The van der Waals surface area contributed by atoms with Crippen LogP contribution in [0.15, 0.2) is 29.3 Å². The van der Waals surface area contributed by atoms with E-state index in [1.54, 1.807) is 19.2 Å². The number of nitrogens with zero attached hydrogens (tertiary/aromatic N) is 2. The first-order valence-electron chi connectivity index (χ1n) is 9.71. The molecule has 1 aliphatic heterocycles. The third kappa shape index (κ3) is 9.38. The van der Waals surface area contributed by atoms with Crippen LogP contribution >= 0.6 is 24.0 Å². The van der Waals surface area contributed by atoms with Crippen molar-refractivity contribution in [2.24, 2.45) is 10.9 Å². The molecule has 1 aromatic carbocycles. The van der Waals surface area contributed by atoms with E-state index >= 15 is 0 Å². The number of halogens is 2. The van der Waals surface area contributed by atoms with E-state index in [-0.39, 0.29) is 29.8 Å². The van der Waals surface area contributed by atoms with Crippen LogP contribution in [0.3, 0.4) is 0 Å². The highest BCUT2D eigenvalue weighted by Gasteiger charge is 2.24. The zero-order valence-corrected chi connectivity index (χ0v) is 19.2. The molecule has 1 saturated heterocycles. The summed E-state index contributed by atoms with van der Waals surface area (Å²) in [6, 6.07) is 6.09. The van der Waals surface area contributed by atoms with Gasteiger partial charge in [0.25, 0.3) is 0 Å². The van der Waals surface area contributed by atoms with Gasteiger partial charge in [-0.2, -0.15) is 0 Å². The van der Waals surface area contributed by atoms with Gasteiger partial charge in [-0.25, -0.2) is 4.39 Å². The molecule has 1 fully saturated rings. The Kier molecular flexibility index (Phi) is 13.2. The van der Waals surface area contributed by atoms with Gasteiger partial charge in [0.15, 0.2) is 5.96 Å². The molecule has 0 amide bonds. The first kappa shape index (κ1) is 24.9. The number of ether oxygens (including phenoxy) is 3. The molecule has 1 unspecified atom stereocenters. The average Bonchev–Trinajstić information content (AvgIpc) is 3.14. The van der Waals surface area contributed by atoms with E-state index in [0.717, 1.165) is 45.0 Å². The van der Waals surface area contributed by atoms with Gasteiger partial charge in [-0.15, -0.1) is 24.0 Å². The van der Waals surface area contributed by atoms with Crippen LogP contribution in [-0.4, -0.2) is 70.6 Å². The second-order valence-electron chi connectivity index (χ2n) is 6.56. The van der Waals surface area contributed by atoms with Crippen molar-refractivity contribution in [2.45, 2.75) is 19.8 Å². The lowest BCUT2D eigenvalue weighted by Crippen LogP contribution is -2.40. The smallest absolute Gasteiger partial charge is 0.193 e. The van der Waals surface area contributed by atoms with Gasteiger partial charge in [-0.1, -0.05) is 0 Å². The third-order valence-electron chi connectivity index (χ3n) is 4.35. The van der Waals surface area contributed by atoms with Crippen molar-refractivity contribution in [1.29, 1.82) is 0 Å². The Morgan fingerprint density at radius 3 is 2.75 bits per heavy atom. The minimum Gasteiger partial charge on any atom is -0.494 e. The molecule has 0 saturated carbocycles. The number of methoxy groups -OCH3 is 1. The summed E-state index contributed by atoms with van der Waals surface area (Å²) in [5.74, 6) is 1.92. The fourth-order valence-electron chi connectivity index (χ4n) is 2.95. The van der Waals surface area contributed by atoms with Gasteiger partial charge in [0, 0.05) is 45.6 Å². The summed E-state index contributed by atoms with van der Waals surface area (Å²) < 4.78 is 29.1. The van der Waals surface area contributed by atoms with Crippen LogP contribution in [0.4, 0.5) is 4.39 Å². The van der Waals surface area contributed by atoms with Crippen molar-refractivity contribution in [1.82, 2.24) is 10.2 Å². The minimum atomic E-state index is -0.254. The van der Waals surface area contributed by atoms with E-state index in [0.29, 0.717) is 38.0 Å². The predicted octanol–water partition coefficient (Wildman–Crippen LogP) is 3.16. The lowest BCUT2D eigenvalue weighted by molar-refractivity contribution is 0.0536. The molecule has 0 aliphatic carbocycles. The number of likely N-dealkylation sites (tertiary alicyclic amines) is 1. The maximum absolute atomic E-state index is 12.9. The molecule has 1 aromatic rings. The molecule has 1 aliphatic rings. The topological polar surface area (TPSA) is 55.3 Å². The van der Waals surface area contributed by atoms with Crippen molar-refractivity contribution < 1.29 is 18.6 Å². The zero-order valence-electron chi connectivity index (χ0n) is 16.9. The highest BCUT2D eigenvalue weighted by atomic mass is 127. The van der Waals surface area contributed by atoms with E-state index in [2.05, 4.69) is 17.1 Å². The number of nitrogens with one attached hydrogen (secondary N) is 1. The van der Waals surface area contributed by atoms with Crippen LogP contribution in [0, 0.1) is 11.7 Å². The molecule has 28 heavy (non-hydrogen) atoms. The predicted molar refractivity (Wildman–Crippen MR) is 120 cm³/mol. The largest absolute Gasteiger partial charge is 0.494 e. The fourth-order valence-corrected chi connectivity index (χ4v) is 2.95. The van der Waals surface area contributed by atoms with Gasteiger partial charge in [0.1, 0.15) is 11.6 Å². The van der Waals surface area contributed by atoms with E-state index in [1.807, 2.05) is 0 Å². The summed E-state index contributed by atoms with van der Waals surface area (Å²) >= 11 is 0. The van der Waals surface area contributed by atoms with Crippen molar-refractivity contribution in [3.63, 3.8) is 0 Å². The monoisotopic (exact) mass is 509 g/mol. The Labute approximate surface area is 184 Å². The SMILES string of the molecule is CCNC(=NCCCOc1ccc(F)cc1)N1CCC(COCCOC)C1.I. The highest BCUT2D eigenvalue weighted by molar-refractivity contribution is 14.0. The van der Waals surface area contributed by atoms with Gasteiger partial charge in [-0.3, -0.25) is 4.99 Å². The van der Waals surface area contributed by atoms with Crippen LogP contribution in [0.5, 0.6) is 5.75 Å². The summed E-state index contributed by atoms with van der Waals surface area (Å²) in [7, 11) is 1.69. The van der Waals surface area contributed by atoms with Crippen LogP contribution < -0.4 is 10.1 Å². The first-order chi connectivity index (χ1) is 13.2. The number of benzene rings is 1. The first-order valence-corrected chi connectivity index (χ1v) is 9.71. The van der Waals surface area contributed by atoms with Crippen molar-refractivity contribution in [2.75, 3.05) is 59.7 Å². The third-order valence-corrected chi connectivity index (χ3v) is 4.35. The number of rotatable bonds is 11. The van der Waals surface area contributed by atoms with Crippen LogP contribution in [0.1, 0.15) is 19.8 Å². The molecule has 2 rings (SSSR count). The fraction of sp³-hybridized carbons (Fsp3) is 0.650. The molecule has 1 atom stereocenters. The number of hydrogen-bond donors (Lipinski definition) is 1. The van der Waals surface area contributed by atoms with Gasteiger partial charge in [0.2, 0.25) is 0 Å². The molecular formula is C20H33FIN3O3. The number of aliphatic imine (C=N–C) groups is 1. The Hall–Kier alpha value is -1.13. The molecule has 0 spiro atoms. The Morgan fingerprint density at radius 2 is 2.04 bits per heavy atom.